The summed E-state index contributed by atoms with van der Waals surface area (Å²) in [6, 6.07) is 4.84. The molecule has 2 rings (SSSR count). The number of ether oxygens (including phenoxy) is 3. The molecular formula is C15H19NO7S. The van der Waals surface area contributed by atoms with Crippen molar-refractivity contribution in [3.05, 3.63) is 35.4 Å². The molecule has 1 heterocycles. The summed E-state index contributed by atoms with van der Waals surface area (Å²) in [7, 11) is -0.878. The summed E-state index contributed by atoms with van der Waals surface area (Å²) in [5.74, 6) is -1.70. The molecule has 0 radical (unpaired) electrons. The number of nitrogens with one attached hydrogen (secondary N) is 1. The van der Waals surface area contributed by atoms with E-state index in [1.54, 1.807) is 18.2 Å². The smallest absolute Gasteiger partial charge is 0.250 e. The van der Waals surface area contributed by atoms with E-state index in [1.807, 2.05) is 0 Å². The van der Waals surface area contributed by atoms with Crippen LogP contribution in [-0.2, 0) is 25.2 Å². The summed E-state index contributed by atoms with van der Waals surface area (Å²) in [4.78, 5) is 12.5. The molecule has 0 fully saturated rings. The molecule has 1 atom stereocenters. The van der Waals surface area contributed by atoms with Crippen LogP contribution in [0.25, 0.3) is 0 Å². The summed E-state index contributed by atoms with van der Waals surface area (Å²) in [6.45, 7) is 2.83. The highest BCUT2D eigenvalue weighted by atomic mass is 32.2. The molecule has 0 aliphatic carbocycles. The largest absolute Gasteiger partial charge is 0.501 e. The number of aliphatic hydroxyl groups is 1. The van der Waals surface area contributed by atoms with Gasteiger partial charge in [-0.15, -0.1) is 0 Å². The molecule has 1 aromatic rings. The van der Waals surface area contributed by atoms with Crippen LogP contribution in [0.1, 0.15) is 19.4 Å². The van der Waals surface area contributed by atoms with Gasteiger partial charge < -0.3 is 19.3 Å². The zero-order valence-corrected chi connectivity index (χ0v) is 14.6. The van der Waals surface area contributed by atoms with Crippen LogP contribution in [0.15, 0.2) is 29.8 Å². The van der Waals surface area contributed by atoms with Crippen molar-refractivity contribution >= 4 is 15.8 Å². The predicted molar refractivity (Wildman–Crippen MR) is 85.2 cm³/mol. The highest BCUT2D eigenvalue weighted by Crippen LogP contribution is 2.44. The highest BCUT2D eigenvalue weighted by Gasteiger charge is 2.50. The summed E-state index contributed by atoms with van der Waals surface area (Å²) in [6.07, 6.45) is 0. The van der Waals surface area contributed by atoms with E-state index in [4.69, 9.17) is 14.2 Å². The fraction of sp³-hybridized carbons (Fsp3) is 0.400. The van der Waals surface area contributed by atoms with Crippen LogP contribution in [0.3, 0.4) is 0 Å². The number of aliphatic hydroxyl groups excluding tert-OH is 1. The van der Waals surface area contributed by atoms with Gasteiger partial charge in [0.1, 0.15) is 0 Å². The molecule has 1 aliphatic rings. The zero-order chi connectivity index (χ0) is 18.1. The van der Waals surface area contributed by atoms with Crippen molar-refractivity contribution in [1.82, 2.24) is 4.72 Å². The second kappa shape index (κ2) is 6.23. The minimum Gasteiger partial charge on any atom is -0.501 e. The van der Waals surface area contributed by atoms with Gasteiger partial charge in [-0.1, -0.05) is 12.1 Å². The van der Waals surface area contributed by atoms with Gasteiger partial charge in [0.25, 0.3) is 5.78 Å². The van der Waals surface area contributed by atoms with Crippen molar-refractivity contribution in [3.63, 3.8) is 0 Å². The van der Waals surface area contributed by atoms with Crippen LogP contribution in [0.2, 0.25) is 0 Å². The Bertz CT molecular complexity index is 800. The minimum absolute atomic E-state index is 0.236. The Morgan fingerprint density at radius 1 is 1.29 bits per heavy atom. The molecule has 132 valence electrons. The number of methoxy groups -OCH3 is 2. The van der Waals surface area contributed by atoms with Gasteiger partial charge in [0.15, 0.2) is 11.5 Å². The molecule has 0 saturated heterocycles. The summed E-state index contributed by atoms with van der Waals surface area (Å²) >= 11 is 0. The molecule has 2 N–H and O–H groups in total. The Hall–Kier alpha value is -2.42. The number of Topliss-reactive ketones (excluding diaryl/α,β-unsaturated/α-hetero) is 1. The normalized spacial score (nSPS) is 20.8. The monoisotopic (exact) mass is 357 g/mol. The lowest BCUT2D eigenvalue weighted by molar-refractivity contribution is -0.131. The van der Waals surface area contributed by atoms with Crippen molar-refractivity contribution in [2.75, 3.05) is 20.0 Å². The van der Waals surface area contributed by atoms with Gasteiger partial charge in [0.2, 0.25) is 27.3 Å². The molecule has 24 heavy (non-hydrogen) atoms. The van der Waals surface area contributed by atoms with E-state index in [-0.39, 0.29) is 11.5 Å². The average Bonchev–Trinajstić information content (AvgIpc) is 2.78. The van der Waals surface area contributed by atoms with Crippen molar-refractivity contribution < 1.29 is 32.5 Å². The van der Waals surface area contributed by atoms with Crippen molar-refractivity contribution in [2.24, 2.45) is 0 Å². The van der Waals surface area contributed by atoms with Gasteiger partial charge in [-0.3, -0.25) is 9.52 Å². The Labute approximate surface area is 140 Å². The van der Waals surface area contributed by atoms with E-state index >= 15 is 0 Å². The SMILES string of the molecule is CCS(=O)(=O)NC1=C(O)C(=O)C(C)(c2cccc(OC)c2OC)O1. The predicted octanol–water partition coefficient (Wildman–Crippen LogP) is 1.18. The maximum absolute atomic E-state index is 12.5. The van der Waals surface area contributed by atoms with Gasteiger partial charge in [-0.25, -0.2) is 8.42 Å². The van der Waals surface area contributed by atoms with Crippen molar-refractivity contribution in [2.45, 2.75) is 19.4 Å². The minimum atomic E-state index is -3.72. The topological polar surface area (TPSA) is 111 Å². The second-order valence-corrected chi connectivity index (χ2v) is 7.20. The molecular weight excluding hydrogens is 338 g/mol. The molecule has 0 spiro atoms. The van der Waals surface area contributed by atoms with Gasteiger partial charge >= 0.3 is 0 Å². The number of hydrogen-bond acceptors (Lipinski definition) is 7. The molecule has 0 saturated carbocycles. The summed E-state index contributed by atoms with van der Waals surface area (Å²) in [5.41, 5.74) is -1.36. The standard InChI is InChI=1S/C15H19NO7S/c1-5-24(19,20)16-14-11(17)13(18)15(2,23-14)9-7-6-8-10(21-3)12(9)22-4/h6-8,16-17H,5H2,1-4H3. The third-order valence-corrected chi connectivity index (χ3v) is 4.97. The molecule has 8 nitrogen and oxygen atoms in total. The van der Waals surface area contributed by atoms with Gasteiger partial charge in [-0.2, -0.15) is 0 Å². The van der Waals surface area contributed by atoms with Gasteiger partial charge in [-0.05, 0) is 19.9 Å². The van der Waals surface area contributed by atoms with E-state index in [1.165, 1.54) is 28.1 Å². The van der Waals surface area contributed by atoms with E-state index in [9.17, 15) is 18.3 Å². The van der Waals surface area contributed by atoms with Crippen molar-refractivity contribution in [3.8, 4) is 11.5 Å². The van der Waals surface area contributed by atoms with Crippen LogP contribution < -0.4 is 14.2 Å². The van der Waals surface area contributed by atoms with Crippen LogP contribution in [-0.4, -0.2) is 39.3 Å². The van der Waals surface area contributed by atoms with Gasteiger partial charge in [0.05, 0.1) is 20.0 Å². The molecule has 0 bridgehead atoms. The molecule has 1 unspecified atom stereocenters. The zero-order valence-electron chi connectivity index (χ0n) is 13.7. The van der Waals surface area contributed by atoms with Gasteiger partial charge in [0, 0.05) is 5.56 Å². The first-order valence-corrected chi connectivity index (χ1v) is 8.74. The third kappa shape index (κ3) is 2.86. The first-order chi connectivity index (χ1) is 11.2. The van der Waals surface area contributed by atoms with Crippen LogP contribution >= 0.6 is 0 Å². The first kappa shape index (κ1) is 17.9. The first-order valence-electron chi connectivity index (χ1n) is 7.09. The Morgan fingerprint density at radius 2 is 1.96 bits per heavy atom. The fourth-order valence-corrected chi connectivity index (χ4v) is 2.92. The number of carbonyl (C=O) groups is 1. The average molecular weight is 357 g/mol. The molecule has 0 amide bonds. The number of hydrogen-bond donors (Lipinski definition) is 2. The summed E-state index contributed by atoms with van der Waals surface area (Å²) in [5, 5.41) is 10.0. The maximum Gasteiger partial charge on any atom is 0.250 e. The van der Waals surface area contributed by atoms with Crippen molar-refractivity contribution in [1.29, 1.82) is 0 Å². The number of para-hydroxylation sites is 1. The van der Waals surface area contributed by atoms with E-state index in [2.05, 4.69) is 4.72 Å². The number of sulfonamides is 1. The lowest BCUT2D eigenvalue weighted by atomic mass is 9.90. The maximum atomic E-state index is 12.5. The Balaban J connectivity index is 2.49. The highest BCUT2D eigenvalue weighted by molar-refractivity contribution is 7.89. The lowest BCUT2D eigenvalue weighted by Crippen LogP contribution is -2.33. The third-order valence-electron chi connectivity index (χ3n) is 3.71. The molecule has 0 aromatic heterocycles. The van der Waals surface area contributed by atoms with E-state index in [0.29, 0.717) is 11.3 Å². The second-order valence-electron chi connectivity index (χ2n) is 5.19. The van der Waals surface area contributed by atoms with E-state index in [0.717, 1.165) is 0 Å². The summed E-state index contributed by atoms with van der Waals surface area (Å²) < 4.78 is 41.4. The Kier molecular flexibility index (Phi) is 4.66. The van der Waals surface area contributed by atoms with Crippen LogP contribution in [0.5, 0.6) is 11.5 Å². The Morgan fingerprint density at radius 3 is 2.50 bits per heavy atom. The molecule has 1 aliphatic heterocycles. The molecule has 1 aromatic carbocycles. The molecule has 9 heteroatoms. The quantitative estimate of drug-likeness (QED) is 0.786. The number of rotatable bonds is 6. The van der Waals surface area contributed by atoms with E-state index < -0.39 is 33.0 Å². The lowest BCUT2D eigenvalue weighted by Gasteiger charge is -2.26. The number of benzene rings is 1. The fourth-order valence-electron chi connectivity index (χ4n) is 2.35. The number of ketones is 1. The van der Waals surface area contributed by atoms with Crippen LogP contribution in [0.4, 0.5) is 0 Å². The van der Waals surface area contributed by atoms with Crippen LogP contribution in [0, 0.1) is 0 Å². The number of carbonyl (C=O) groups excluding carboxylic acids is 1.